The second-order valence-corrected chi connectivity index (χ2v) is 6.53. The highest BCUT2D eigenvalue weighted by Gasteiger charge is 2.13. The standard InChI is InChI=1S/C11H16BrNO3S/c1-9(14)4-3-7-13-17(15,16)11-6-2-5-10(12)8-11/h2,5-6,8-9,13-14H,3-4,7H2,1H3. The second kappa shape index (κ2) is 6.49. The molecule has 0 fully saturated rings. The third kappa shape index (κ3) is 5.16. The molecule has 1 aromatic rings. The molecule has 0 saturated carbocycles. The van der Waals surface area contributed by atoms with Gasteiger partial charge in [0.1, 0.15) is 0 Å². The smallest absolute Gasteiger partial charge is 0.240 e. The maximum atomic E-state index is 11.8. The van der Waals surface area contributed by atoms with E-state index in [1.54, 1.807) is 31.2 Å². The predicted molar refractivity (Wildman–Crippen MR) is 70.2 cm³/mol. The van der Waals surface area contributed by atoms with Crippen molar-refractivity contribution >= 4 is 26.0 Å². The van der Waals surface area contributed by atoms with Crippen molar-refractivity contribution in [3.05, 3.63) is 28.7 Å². The Morgan fingerprint density at radius 3 is 2.76 bits per heavy atom. The zero-order valence-corrected chi connectivity index (χ0v) is 12.0. The first-order valence-corrected chi connectivity index (χ1v) is 7.63. The van der Waals surface area contributed by atoms with Gasteiger partial charge in [-0.05, 0) is 38.0 Å². The van der Waals surface area contributed by atoms with Crippen molar-refractivity contribution in [1.29, 1.82) is 0 Å². The number of rotatable bonds is 6. The molecule has 0 heterocycles. The Balaban J connectivity index is 2.57. The van der Waals surface area contributed by atoms with Crippen molar-refractivity contribution in [2.45, 2.75) is 30.8 Å². The van der Waals surface area contributed by atoms with Crippen molar-refractivity contribution in [2.24, 2.45) is 0 Å². The van der Waals surface area contributed by atoms with Crippen molar-refractivity contribution in [1.82, 2.24) is 4.72 Å². The van der Waals surface area contributed by atoms with E-state index in [4.69, 9.17) is 5.11 Å². The third-order valence-corrected chi connectivity index (χ3v) is 4.15. The summed E-state index contributed by atoms with van der Waals surface area (Å²) in [7, 11) is -3.44. The molecular weight excluding hydrogens is 306 g/mol. The molecule has 96 valence electrons. The van der Waals surface area contributed by atoms with Gasteiger partial charge in [-0.2, -0.15) is 0 Å². The molecule has 0 aromatic heterocycles. The van der Waals surface area contributed by atoms with Gasteiger partial charge in [0.15, 0.2) is 0 Å². The molecule has 0 amide bonds. The highest BCUT2D eigenvalue weighted by Crippen LogP contribution is 2.15. The molecule has 6 heteroatoms. The van der Waals surface area contributed by atoms with Crippen molar-refractivity contribution < 1.29 is 13.5 Å². The molecule has 1 rings (SSSR count). The van der Waals surface area contributed by atoms with E-state index in [2.05, 4.69) is 20.7 Å². The number of benzene rings is 1. The van der Waals surface area contributed by atoms with Crippen LogP contribution < -0.4 is 4.72 Å². The minimum atomic E-state index is -3.44. The minimum absolute atomic E-state index is 0.240. The summed E-state index contributed by atoms with van der Waals surface area (Å²) in [6.45, 7) is 2.02. The highest BCUT2D eigenvalue weighted by molar-refractivity contribution is 9.10. The molecule has 2 N–H and O–H groups in total. The second-order valence-electron chi connectivity index (χ2n) is 3.85. The number of nitrogens with one attached hydrogen (secondary N) is 1. The molecule has 0 bridgehead atoms. The van der Waals surface area contributed by atoms with E-state index in [0.29, 0.717) is 19.4 Å². The van der Waals surface area contributed by atoms with Gasteiger partial charge < -0.3 is 5.11 Å². The zero-order chi connectivity index (χ0) is 12.9. The van der Waals surface area contributed by atoms with Gasteiger partial charge in [0.25, 0.3) is 0 Å². The molecule has 0 aliphatic carbocycles. The molecule has 0 saturated heterocycles. The fourth-order valence-corrected chi connectivity index (χ4v) is 2.99. The van der Waals surface area contributed by atoms with Gasteiger partial charge in [-0.3, -0.25) is 0 Å². The van der Waals surface area contributed by atoms with E-state index in [9.17, 15) is 8.42 Å². The Kier molecular flexibility index (Phi) is 5.58. The molecule has 0 aliphatic heterocycles. The van der Waals surface area contributed by atoms with E-state index in [1.165, 1.54) is 0 Å². The van der Waals surface area contributed by atoms with Crippen LogP contribution in [0.3, 0.4) is 0 Å². The first-order chi connectivity index (χ1) is 7.92. The summed E-state index contributed by atoms with van der Waals surface area (Å²) in [6, 6.07) is 6.54. The quantitative estimate of drug-likeness (QED) is 0.786. The van der Waals surface area contributed by atoms with Crippen LogP contribution in [0.5, 0.6) is 0 Å². The fraction of sp³-hybridized carbons (Fsp3) is 0.455. The first-order valence-electron chi connectivity index (χ1n) is 5.35. The topological polar surface area (TPSA) is 66.4 Å². The van der Waals surface area contributed by atoms with Crippen LogP contribution in [0.4, 0.5) is 0 Å². The Morgan fingerprint density at radius 1 is 1.47 bits per heavy atom. The first kappa shape index (κ1) is 14.6. The Bertz CT molecular complexity index is 460. The lowest BCUT2D eigenvalue weighted by Crippen LogP contribution is -2.25. The van der Waals surface area contributed by atoms with E-state index in [1.807, 2.05) is 0 Å². The van der Waals surface area contributed by atoms with E-state index in [-0.39, 0.29) is 4.90 Å². The molecule has 0 radical (unpaired) electrons. The van der Waals surface area contributed by atoms with Gasteiger partial charge in [0.2, 0.25) is 10.0 Å². The van der Waals surface area contributed by atoms with E-state index < -0.39 is 16.1 Å². The number of halogens is 1. The minimum Gasteiger partial charge on any atom is -0.393 e. The van der Waals surface area contributed by atoms with Crippen LogP contribution in [-0.2, 0) is 10.0 Å². The molecule has 1 unspecified atom stereocenters. The van der Waals surface area contributed by atoms with Gasteiger partial charge in [-0.1, -0.05) is 22.0 Å². The van der Waals surface area contributed by atoms with Crippen LogP contribution in [0.2, 0.25) is 0 Å². The normalized spacial score (nSPS) is 13.6. The summed E-state index contributed by atoms with van der Waals surface area (Å²) in [6.07, 6.45) is 0.802. The number of aliphatic hydroxyl groups excluding tert-OH is 1. The van der Waals surface area contributed by atoms with Gasteiger partial charge in [-0.15, -0.1) is 0 Å². The number of hydrogen-bond acceptors (Lipinski definition) is 3. The SMILES string of the molecule is CC(O)CCCNS(=O)(=O)c1cccc(Br)c1. The van der Waals surface area contributed by atoms with Crippen molar-refractivity contribution in [3.63, 3.8) is 0 Å². The van der Waals surface area contributed by atoms with Gasteiger partial charge in [-0.25, -0.2) is 13.1 Å². The molecule has 1 atom stereocenters. The van der Waals surface area contributed by atoms with Gasteiger partial charge in [0, 0.05) is 11.0 Å². The Hall–Kier alpha value is -0.430. The lowest BCUT2D eigenvalue weighted by Gasteiger charge is -2.07. The predicted octanol–water partition coefficient (Wildman–Crippen LogP) is 1.89. The van der Waals surface area contributed by atoms with Crippen LogP contribution in [-0.4, -0.2) is 26.2 Å². The van der Waals surface area contributed by atoms with E-state index in [0.717, 1.165) is 4.47 Å². The Labute approximate surface area is 110 Å². The Morgan fingerprint density at radius 2 is 2.18 bits per heavy atom. The number of sulfonamides is 1. The van der Waals surface area contributed by atoms with Crippen molar-refractivity contribution in [3.8, 4) is 0 Å². The average Bonchev–Trinajstić information content (AvgIpc) is 2.24. The molecular formula is C11H16BrNO3S. The number of hydrogen-bond donors (Lipinski definition) is 2. The fourth-order valence-electron chi connectivity index (χ4n) is 1.32. The summed E-state index contributed by atoms with van der Waals surface area (Å²) < 4.78 is 26.9. The van der Waals surface area contributed by atoms with Crippen molar-refractivity contribution in [2.75, 3.05) is 6.54 Å². The summed E-state index contributed by atoms with van der Waals surface area (Å²) >= 11 is 3.23. The third-order valence-electron chi connectivity index (χ3n) is 2.20. The maximum Gasteiger partial charge on any atom is 0.240 e. The summed E-state index contributed by atoms with van der Waals surface area (Å²) in [5.74, 6) is 0. The largest absolute Gasteiger partial charge is 0.393 e. The number of aliphatic hydroxyl groups is 1. The van der Waals surface area contributed by atoms with Crippen LogP contribution in [0, 0.1) is 0 Å². The van der Waals surface area contributed by atoms with Crippen LogP contribution in [0.15, 0.2) is 33.6 Å². The summed E-state index contributed by atoms with van der Waals surface area (Å²) in [5, 5.41) is 9.05. The molecule has 17 heavy (non-hydrogen) atoms. The molecule has 0 aliphatic rings. The average molecular weight is 322 g/mol. The monoisotopic (exact) mass is 321 g/mol. The molecule has 1 aromatic carbocycles. The highest BCUT2D eigenvalue weighted by atomic mass is 79.9. The summed E-state index contributed by atoms with van der Waals surface area (Å²) in [4.78, 5) is 0.240. The van der Waals surface area contributed by atoms with Gasteiger partial charge >= 0.3 is 0 Å². The molecule has 4 nitrogen and oxygen atoms in total. The van der Waals surface area contributed by atoms with Crippen LogP contribution >= 0.6 is 15.9 Å². The van der Waals surface area contributed by atoms with Crippen LogP contribution in [0.25, 0.3) is 0 Å². The van der Waals surface area contributed by atoms with E-state index >= 15 is 0 Å². The van der Waals surface area contributed by atoms with Gasteiger partial charge in [0.05, 0.1) is 11.0 Å². The molecule has 0 spiro atoms. The lowest BCUT2D eigenvalue weighted by molar-refractivity contribution is 0.182. The summed E-state index contributed by atoms with van der Waals surface area (Å²) in [5.41, 5.74) is 0. The zero-order valence-electron chi connectivity index (χ0n) is 9.56. The lowest BCUT2D eigenvalue weighted by atomic mass is 10.2. The van der Waals surface area contributed by atoms with Crippen LogP contribution in [0.1, 0.15) is 19.8 Å². The maximum absolute atomic E-state index is 11.8.